The van der Waals surface area contributed by atoms with Gasteiger partial charge in [-0.1, -0.05) is 12.8 Å². The highest BCUT2D eigenvalue weighted by atomic mass is 15.3. The van der Waals surface area contributed by atoms with Crippen molar-refractivity contribution in [2.75, 3.05) is 33.7 Å². The highest BCUT2D eigenvalue weighted by molar-refractivity contribution is 4.91. The maximum Gasteiger partial charge on any atom is 0.0252 e. The summed E-state index contributed by atoms with van der Waals surface area (Å²) in [6.07, 6.45) is 6.90. The van der Waals surface area contributed by atoms with E-state index in [1.54, 1.807) is 0 Å². The number of rotatable bonds is 2. The van der Waals surface area contributed by atoms with E-state index >= 15 is 0 Å². The second-order valence-corrected chi connectivity index (χ2v) is 5.95. The molecule has 0 aromatic carbocycles. The first-order chi connectivity index (χ1) is 8.22. The lowest BCUT2D eigenvalue weighted by Crippen LogP contribution is -2.54. The summed E-state index contributed by atoms with van der Waals surface area (Å²) in [6, 6.07) is 2.20. The van der Waals surface area contributed by atoms with Crippen molar-refractivity contribution in [3.05, 3.63) is 0 Å². The summed E-state index contributed by atoms with van der Waals surface area (Å²) in [6.45, 7) is 6.18. The van der Waals surface area contributed by atoms with Gasteiger partial charge in [0, 0.05) is 31.2 Å². The monoisotopic (exact) mass is 239 g/mol. The first-order valence-electron chi connectivity index (χ1n) is 7.34. The Hall–Kier alpha value is -0.120. The van der Waals surface area contributed by atoms with E-state index in [1.165, 1.54) is 51.7 Å². The van der Waals surface area contributed by atoms with Crippen molar-refractivity contribution in [3.8, 4) is 0 Å². The van der Waals surface area contributed by atoms with Crippen LogP contribution in [0.15, 0.2) is 0 Å². The fourth-order valence-electron chi connectivity index (χ4n) is 3.73. The molecule has 1 saturated heterocycles. The van der Waals surface area contributed by atoms with E-state index in [-0.39, 0.29) is 0 Å². The third kappa shape index (κ3) is 3.21. The molecule has 3 atom stereocenters. The van der Waals surface area contributed by atoms with Crippen LogP contribution in [0.5, 0.6) is 0 Å². The van der Waals surface area contributed by atoms with Crippen molar-refractivity contribution in [1.29, 1.82) is 0 Å². The van der Waals surface area contributed by atoms with Crippen LogP contribution in [0.4, 0.5) is 0 Å². The lowest BCUT2D eigenvalue weighted by Gasteiger charge is -2.42. The maximum absolute atomic E-state index is 3.55. The molecule has 0 bridgehead atoms. The largest absolute Gasteiger partial charge is 0.315 e. The summed E-state index contributed by atoms with van der Waals surface area (Å²) in [4.78, 5) is 5.27. The number of nitrogens with zero attached hydrogens (tertiary/aromatic N) is 2. The van der Waals surface area contributed by atoms with Gasteiger partial charge in [0.05, 0.1) is 0 Å². The molecule has 2 fully saturated rings. The lowest BCUT2D eigenvalue weighted by atomic mass is 9.88. The molecule has 1 saturated carbocycles. The van der Waals surface area contributed by atoms with Crippen molar-refractivity contribution in [1.82, 2.24) is 15.1 Å². The highest BCUT2D eigenvalue weighted by Crippen LogP contribution is 2.26. The van der Waals surface area contributed by atoms with Crippen molar-refractivity contribution in [2.45, 2.75) is 57.2 Å². The normalized spacial score (nSPS) is 37.9. The van der Waals surface area contributed by atoms with E-state index in [4.69, 9.17) is 0 Å². The molecule has 100 valence electrons. The molecule has 1 N–H and O–H groups in total. The predicted molar refractivity (Wildman–Crippen MR) is 73.4 cm³/mol. The van der Waals surface area contributed by atoms with Crippen LogP contribution in [-0.2, 0) is 0 Å². The third-order valence-electron chi connectivity index (χ3n) is 4.62. The first kappa shape index (κ1) is 13.3. The van der Waals surface area contributed by atoms with Crippen LogP contribution in [0.25, 0.3) is 0 Å². The minimum Gasteiger partial charge on any atom is -0.315 e. The lowest BCUT2D eigenvalue weighted by molar-refractivity contribution is 0.0891. The zero-order valence-corrected chi connectivity index (χ0v) is 11.8. The van der Waals surface area contributed by atoms with Crippen LogP contribution in [0, 0.1) is 0 Å². The average molecular weight is 239 g/mol. The van der Waals surface area contributed by atoms with Crippen LogP contribution >= 0.6 is 0 Å². The van der Waals surface area contributed by atoms with Gasteiger partial charge in [-0.15, -0.1) is 0 Å². The van der Waals surface area contributed by atoms with Gasteiger partial charge in [0.15, 0.2) is 0 Å². The van der Waals surface area contributed by atoms with Gasteiger partial charge >= 0.3 is 0 Å². The molecule has 1 heterocycles. The fraction of sp³-hybridized carbons (Fsp3) is 1.00. The van der Waals surface area contributed by atoms with Gasteiger partial charge in [-0.25, -0.2) is 0 Å². The Labute approximate surface area is 107 Å². The molecule has 17 heavy (non-hydrogen) atoms. The Kier molecular flexibility index (Phi) is 4.83. The SMILES string of the molecule is CNC1CCCCC1N1CCCN(C)CC1C. The van der Waals surface area contributed by atoms with E-state index in [0.29, 0.717) is 6.04 Å². The Morgan fingerprint density at radius 2 is 1.82 bits per heavy atom. The van der Waals surface area contributed by atoms with E-state index in [2.05, 4.69) is 36.1 Å². The molecule has 3 unspecified atom stereocenters. The van der Waals surface area contributed by atoms with Gasteiger partial charge in [0.1, 0.15) is 0 Å². The molecule has 3 heteroatoms. The maximum atomic E-state index is 3.55. The number of hydrogen-bond acceptors (Lipinski definition) is 3. The Morgan fingerprint density at radius 3 is 2.59 bits per heavy atom. The molecule has 1 aliphatic heterocycles. The second-order valence-electron chi connectivity index (χ2n) is 5.95. The Bertz CT molecular complexity index is 232. The van der Waals surface area contributed by atoms with Crippen molar-refractivity contribution >= 4 is 0 Å². The summed E-state index contributed by atoms with van der Waals surface area (Å²) in [5.74, 6) is 0. The summed E-state index contributed by atoms with van der Waals surface area (Å²) in [5, 5.41) is 3.55. The third-order valence-corrected chi connectivity index (χ3v) is 4.62. The zero-order chi connectivity index (χ0) is 12.3. The molecular weight excluding hydrogens is 210 g/mol. The first-order valence-corrected chi connectivity index (χ1v) is 7.34. The molecule has 2 aliphatic rings. The Balaban J connectivity index is 2.02. The summed E-state index contributed by atoms with van der Waals surface area (Å²) in [7, 11) is 4.40. The quantitative estimate of drug-likeness (QED) is 0.788. The molecule has 0 amide bonds. The van der Waals surface area contributed by atoms with E-state index in [9.17, 15) is 0 Å². The van der Waals surface area contributed by atoms with Crippen molar-refractivity contribution < 1.29 is 0 Å². The minimum absolute atomic E-state index is 0.710. The number of nitrogens with one attached hydrogen (secondary N) is 1. The number of hydrogen-bond donors (Lipinski definition) is 1. The van der Waals surface area contributed by atoms with Crippen molar-refractivity contribution in [2.24, 2.45) is 0 Å². The van der Waals surface area contributed by atoms with Crippen LogP contribution in [0.3, 0.4) is 0 Å². The summed E-state index contributed by atoms with van der Waals surface area (Å²) < 4.78 is 0. The smallest absolute Gasteiger partial charge is 0.0252 e. The Morgan fingerprint density at radius 1 is 1.06 bits per heavy atom. The number of likely N-dealkylation sites (N-methyl/N-ethyl adjacent to an activating group) is 2. The fourth-order valence-corrected chi connectivity index (χ4v) is 3.73. The summed E-state index contributed by atoms with van der Waals surface area (Å²) >= 11 is 0. The van der Waals surface area contributed by atoms with Gasteiger partial charge in [0.25, 0.3) is 0 Å². The van der Waals surface area contributed by atoms with Crippen LogP contribution in [-0.4, -0.2) is 61.7 Å². The van der Waals surface area contributed by atoms with Gasteiger partial charge in [0.2, 0.25) is 0 Å². The van der Waals surface area contributed by atoms with E-state index < -0.39 is 0 Å². The van der Waals surface area contributed by atoms with Crippen LogP contribution < -0.4 is 5.32 Å². The zero-order valence-electron chi connectivity index (χ0n) is 11.8. The van der Waals surface area contributed by atoms with E-state index in [1.807, 2.05) is 0 Å². The standard InChI is InChI=1S/C14H29N3/c1-12-11-16(3)9-6-10-17(12)14-8-5-4-7-13(14)15-2/h12-15H,4-11H2,1-3H3. The summed E-state index contributed by atoms with van der Waals surface area (Å²) in [5.41, 5.74) is 0. The van der Waals surface area contributed by atoms with E-state index in [0.717, 1.165) is 12.1 Å². The molecular formula is C14H29N3. The molecule has 0 radical (unpaired) electrons. The van der Waals surface area contributed by atoms with Gasteiger partial charge in [-0.2, -0.15) is 0 Å². The molecule has 0 aromatic rings. The van der Waals surface area contributed by atoms with Gasteiger partial charge < -0.3 is 10.2 Å². The second kappa shape index (κ2) is 6.17. The van der Waals surface area contributed by atoms with Gasteiger partial charge in [-0.3, -0.25) is 4.90 Å². The molecule has 2 rings (SSSR count). The predicted octanol–water partition coefficient (Wildman–Crippen LogP) is 1.54. The van der Waals surface area contributed by atoms with Crippen molar-refractivity contribution in [3.63, 3.8) is 0 Å². The average Bonchev–Trinajstić information content (AvgIpc) is 2.50. The minimum atomic E-state index is 0.710. The van der Waals surface area contributed by atoms with Crippen LogP contribution in [0.2, 0.25) is 0 Å². The van der Waals surface area contributed by atoms with Gasteiger partial charge in [-0.05, 0) is 46.8 Å². The molecule has 3 nitrogen and oxygen atoms in total. The molecule has 0 aromatic heterocycles. The highest BCUT2D eigenvalue weighted by Gasteiger charge is 2.32. The van der Waals surface area contributed by atoms with Crippen LogP contribution in [0.1, 0.15) is 39.0 Å². The topological polar surface area (TPSA) is 18.5 Å². The molecule has 0 spiro atoms. The molecule has 1 aliphatic carbocycles.